The van der Waals surface area contributed by atoms with Gasteiger partial charge in [-0.25, -0.2) is 0 Å². The van der Waals surface area contributed by atoms with E-state index in [4.69, 9.17) is 5.73 Å². The van der Waals surface area contributed by atoms with Gasteiger partial charge < -0.3 is 15.7 Å². The molecule has 0 unspecified atom stereocenters. The Morgan fingerprint density at radius 2 is 1.95 bits per heavy atom. The summed E-state index contributed by atoms with van der Waals surface area (Å²) in [5.41, 5.74) is 8.55. The quantitative estimate of drug-likeness (QED) is 0.842. The molecule has 4 heteroatoms. The number of benzene rings is 2. The zero-order valence-corrected chi connectivity index (χ0v) is 11.6. The number of nitrogens with two attached hydrogens (primary N) is 1. The Morgan fingerprint density at radius 3 is 2.60 bits per heavy atom. The molecular weight excluding hydrogens is 252 g/mol. The maximum Gasteiger partial charge on any atom is 0.253 e. The highest BCUT2D eigenvalue weighted by molar-refractivity contribution is 5.95. The van der Waals surface area contributed by atoms with Gasteiger partial charge in [-0.1, -0.05) is 18.2 Å². The minimum absolute atomic E-state index is 0.122. The molecule has 0 aliphatic rings. The Balaban J connectivity index is 2.18. The number of aromatic hydroxyl groups is 1. The molecule has 20 heavy (non-hydrogen) atoms. The number of amides is 1. The molecule has 1 amide bonds. The summed E-state index contributed by atoms with van der Waals surface area (Å²) in [6.45, 7) is 2.25. The van der Waals surface area contributed by atoms with Gasteiger partial charge in [0.1, 0.15) is 5.75 Å². The number of hydrogen-bond acceptors (Lipinski definition) is 3. The average Bonchev–Trinajstić information content (AvgIpc) is 2.39. The number of anilines is 1. The van der Waals surface area contributed by atoms with E-state index in [2.05, 4.69) is 0 Å². The van der Waals surface area contributed by atoms with Crippen molar-refractivity contribution in [2.75, 3.05) is 12.8 Å². The van der Waals surface area contributed by atoms with Crippen molar-refractivity contribution < 1.29 is 9.90 Å². The molecule has 0 atom stereocenters. The first kappa shape index (κ1) is 13.9. The fraction of sp³-hybridized carbons (Fsp3) is 0.188. The van der Waals surface area contributed by atoms with Gasteiger partial charge in [0.2, 0.25) is 0 Å². The number of nitrogen functional groups attached to an aromatic ring is 1. The molecule has 4 nitrogen and oxygen atoms in total. The van der Waals surface area contributed by atoms with Gasteiger partial charge in [0.15, 0.2) is 0 Å². The number of para-hydroxylation sites is 1. The third kappa shape index (κ3) is 3.09. The van der Waals surface area contributed by atoms with Crippen molar-refractivity contribution in [2.24, 2.45) is 0 Å². The summed E-state index contributed by atoms with van der Waals surface area (Å²) >= 11 is 0. The Hall–Kier alpha value is -2.49. The number of carbonyl (C=O) groups is 1. The Morgan fingerprint density at radius 1 is 1.25 bits per heavy atom. The SMILES string of the molecule is Cc1cc(N)cc(C(=O)N(C)Cc2ccccc2O)c1. The van der Waals surface area contributed by atoms with E-state index in [-0.39, 0.29) is 11.7 Å². The van der Waals surface area contributed by atoms with Crippen LogP contribution in [0.1, 0.15) is 21.5 Å². The molecule has 0 bridgehead atoms. The molecule has 0 aliphatic heterocycles. The lowest BCUT2D eigenvalue weighted by atomic mass is 10.1. The molecule has 0 aliphatic carbocycles. The van der Waals surface area contributed by atoms with Crippen molar-refractivity contribution in [1.29, 1.82) is 0 Å². The first-order valence-electron chi connectivity index (χ1n) is 6.37. The number of rotatable bonds is 3. The second kappa shape index (κ2) is 5.65. The van der Waals surface area contributed by atoms with Gasteiger partial charge in [-0.05, 0) is 36.8 Å². The maximum absolute atomic E-state index is 12.4. The maximum atomic E-state index is 12.4. The minimum atomic E-state index is -0.122. The summed E-state index contributed by atoms with van der Waals surface area (Å²) in [5, 5.41) is 9.74. The molecule has 2 rings (SSSR count). The van der Waals surface area contributed by atoms with Crippen molar-refractivity contribution in [3.05, 3.63) is 59.2 Å². The molecule has 0 saturated heterocycles. The first-order chi connectivity index (χ1) is 9.47. The summed E-state index contributed by atoms with van der Waals surface area (Å²) in [5.74, 6) is 0.0690. The van der Waals surface area contributed by atoms with Gasteiger partial charge in [-0.2, -0.15) is 0 Å². The predicted octanol–water partition coefficient (Wildman–Crippen LogP) is 2.56. The molecule has 0 heterocycles. The molecule has 104 valence electrons. The molecule has 0 fully saturated rings. The molecule has 3 N–H and O–H groups in total. The standard InChI is InChI=1S/C16H18N2O2/c1-11-7-13(9-14(17)8-11)16(20)18(2)10-12-5-3-4-6-15(12)19/h3-9,19H,10,17H2,1-2H3. The van der Waals surface area contributed by atoms with E-state index in [1.165, 1.54) is 0 Å². The predicted molar refractivity (Wildman–Crippen MR) is 79.5 cm³/mol. The van der Waals surface area contributed by atoms with E-state index < -0.39 is 0 Å². The number of aryl methyl sites for hydroxylation is 1. The van der Waals surface area contributed by atoms with Crippen LogP contribution >= 0.6 is 0 Å². The van der Waals surface area contributed by atoms with Crippen LogP contribution in [0.4, 0.5) is 5.69 Å². The summed E-state index contributed by atoms with van der Waals surface area (Å²) in [7, 11) is 1.70. The smallest absolute Gasteiger partial charge is 0.253 e. The summed E-state index contributed by atoms with van der Waals surface area (Å²) < 4.78 is 0. The van der Waals surface area contributed by atoms with Gasteiger partial charge in [-0.3, -0.25) is 4.79 Å². The van der Waals surface area contributed by atoms with Gasteiger partial charge in [0.25, 0.3) is 5.91 Å². The van der Waals surface area contributed by atoms with Gasteiger partial charge in [0.05, 0.1) is 0 Å². The number of nitrogens with zero attached hydrogens (tertiary/aromatic N) is 1. The first-order valence-corrected chi connectivity index (χ1v) is 6.37. The summed E-state index contributed by atoms with van der Waals surface area (Å²) in [6.07, 6.45) is 0. The topological polar surface area (TPSA) is 66.6 Å². The highest BCUT2D eigenvalue weighted by atomic mass is 16.3. The van der Waals surface area contributed by atoms with E-state index in [1.807, 2.05) is 19.1 Å². The fourth-order valence-corrected chi connectivity index (χ4v) is 2.13. The largest absolute Gasteiger partial charge is 0.508 e. The van der Waals surface area contributed by atoms with Crippen LogP contribution in [0, 0.1) is 6.92 Å². The Kier molecular flexibility index (Phi) is 3.94. The molecule has 0 saturated carbocycles. The van der Waals surface area contributed by atoms with Crippen molar-refractivity contribution in [2.45, 2.75) is 13.5 Å². The second-order valence-corrected chi connectivity index (χ2v) is 4.92. The van der Waals surface area contributed by atoms with Crippen LogP contribution < -0.4 is 5.73 Å². The number of carbonyl (C=O) groups excluding carboxylic acids is 1. The van der Waals surface area contributed by atoms with E-state index in [0.717, 1.165) is 5.56 Å². The highest BCUT2D eigenvalue weighted by Crippen LogP contribution is 2.19. The summed E-state index contributed by atoms with van der Waals surface area (Å²) in [6, 6.07) is 12.3. The summed E-state index contributed by atoms with van der Waals surface area (Å²) in [4.78, 5) is 13.9. The van der Waals surface area contributed by atoms with Crippen molar-refractivity contribution in [3.8, 4) is 5.75 Å². The van der Waals surface area contributed by atoms with Crippen molar-refractivity contribution >= 4 is 11.6 Å². The lowest BCUT2D eigenvalue weighted by molar-refractivity contribution is 0.0784. The number of phenols is 1. The van der Waals surface area contributed by atoms with Gasteiger partial charge in [-0.15, -0.1) is 0 Å². The molecule has 0 radical (unpaired) electrons. The second-order valence-electron chi connectivity index (χ2n) is 4.92. The number of phenolic OH excluding ortho intramolecular Hbond substituents is 1. The zero-order chi connectivity index (χ0) is 14.7. The Labute approximate surface area is 118 Å². The van der Waals surface area contributed by atoms with E-state index in [0.29, 0.717) is 23.4 Å². The molecule has 2 aromatic carbocycles. The molecule has 0 aromatic heterocycles. The number of hydrogen-bond donors (Lipinski definition) is 2. The molecule has 0 spiro atoms. The average molecular weight is 270 g/mol. The van der Waals surface area contributed by atoms with Crippen LogP contribution in [0.15, 0.2) is 42.5 Å². The molecule has 2 aromatic rings. The van der Waals surface area contributed by atoms with Crippen LogP contribution in [0.2, 0.25) is 0 Å². The third-order valence-corrected chi connectivity index (χ3v) is 3.09. The third-order valence-electron chi connectivity index (χ3n) is 3.09. The Bertz CT molecular complexity index is 618. The monoisotopic (exact) mass is 270 g/mol. The van der Waals surface area contributed by atoms with Crippen LogP contribution in [-0.4, -0.2) is 23.0 Å². The zero-order valence-electron chi connectivity index (χ0n) is 11.6. The van der Waals surface area contributed by atoms with Crippen molar-refractivity contribution in [1.82, 2.24) is 4.90 Å². The van der Waals surface area contributed by atoms with Crippen LogP contribution in [0.5, 0.6) is 5.75 Å². The fourth-order valence-electron chi connectivity index (χ4n) is 2.13. The van der Waals surface area contributed by atoms with E-state index >= 15 is 0 Å². The van der Waals surface area contributed by atoms with Crippen LogP contribution in [-0.2, 0) is 6.54 Å². The van der Waals surface area contributed by atoms with Gasteiger partial charge in [0, 0.05) is 30.4 Å². The van der Waals surface area contributed by atoms with E-state index in [9.17, 15) is 9.90 Å². The normalized spacial score (nSPS) is 10.3. The van der Waals surface area contributed by atoms with Crippen molar-refractivity contribution in [3.63, 3.8) is 0 Å². The van der Waals surface area contributed by atoms with Crippen LogP contribution in [0.3, 0.4) is 0 Å². The molecular formula is C16H18N2O2. The minimum Gasteiger partial charge on any atom is -0.508 e. The highest BCUT2D eigenvalue weighted by Gasteiger charge is 2.14. The lowest BCUT2D eigenvalue weighted by Crippen LogP contribution is -2.26. The van der Waals surface area contributed by atoms with Crippen LogP contribution in [0.25, 0.3) is 0 Å². The van der Waals surface area contributed by atoms with Gasteiger partial charge >= 0.3 is 0 Å². The lowest BCUT2D eigenvalue weighted by Gasteiger charge is -2.18. The van der Waals surface area contributed by atoms with E-state index in [1.54, 1.807) is 42.3 Å².